The predicted octanol–water partition coefficient (Wildman–Crippen LogP) is 11.4. The standard InChI is InChI=1S/C52H34N4/c1-2-16-34-17-6-7-18-35(34)32-46-41-24-10-13-26-45(41)53-52(54-46)56-48-28-15-12-25-42(48)51-40-23-9-8-21-38(40)43(33-50(51)56)36-29-30-49-44(31-36)39-22-11-14-27-47(39)55(49)37-19-4-3-5-20-37/h2-33H,1H2/b34-16-,35-32+. The Morgan fingerprint density at radius 2 is 1.07 bits per heavy atom. The number of rotatable bonds is 5. The summed E-state index contributed by atoms with van der Waals surface area (Å²) in [5, 5.41) is 10.4. The Bertz CT molecular complexity index is 3500. The van der Waals surface area contributed by atoms with Gasteiger partial charge in [-0.15, -0.1) is 0 Å². The molecule has 0 aliphatic heterocycles. The fourth-order valence-corrected chi connectivity index (χ4v) is 8.65. The second-order valence-electron chi connectivity index (χ2n) is 14.2. The Morgan fingerprint density at radius 3 is 1.88 bits per heavy atom. The van der Waals surface area contributed by atoms with Gasteiger partial charge in [0, 0.05) is 32.6 Å². The monoisotopic (exact) mass is 714 g/mol. The molecule has 0 saturated carbocycles. The average molecular weight is 715 g/mol. The molecule has 0 amide bonds. The van der Waals surface area contributed by atoms with Gasteiger partial charge in [-0.05, 0) is 86.9 Å². The number of allylic oxidation sites excluding steroid dienone is 1. The van der Waals surface area contributed by atoms with E-state index in [2.05, 4.69) is 192 Å². The molecule has 262 valence electrons. The molecule has 0 aliphatic carbocycles. The van der Waals surface area contributed by atoms with Crippen LogP contribution in [-0.2, 0) is 0 Å². The van der Waals surface area contributed by atoms with Crippen molar-refractivity contribution >= 4 is 77.4 Å². The van der Waals surface area contributed by atoms with Gasteiger partial charge in [-0.1, -0.05) is 146 Å². The molecule has 4 heteroatoms. The minimum absolute atomic E-state index is 0.633. The molecule has 56 heavy (non-hydrogen) atoms. The Balaban J connectivity index is 1.22. The quantitative estimate of drug-likeness (QED) is 0.178. The average Bonchev–Trinajstić information content (AvgIpc) is 3.77. The maximum Gasteiger partial charge on any atom is 0.235 e. The van der Waals surface area contributed by atoms with Crippen LogP contribution in [0.5, 0.6) is 0 Å². The predicted molar refractivity (Wildman–Crippen MR) is 235 cm³/mol. The number of hydrogen-bond acceptors (Lipinski definition) is 2. The molecule has 0 bridgehead atoms. The summed E-state index contributed by atoms with van der Waals surface area (Å²) in [5.41, 5.74) is 9.73. The first-order chi connectivity index (χ1) is 27.7. The van der Waals surface area contributed by atoms with Crippen molar-refractivity contribution in [1.82, 2.24) is 19.1 Å². The van der Waals surface area contributed by atoms with Crippen LogP contribution < -0.4 is 10.4 Å². The van der Waals surface area contributed by atoms with E-state index < -0.39 is 0 Å². The van der Waals surface area contributed by atoms with Crippen LogP contribution >= 0.6 is 0 Å². The van der Waals surface area contributed by atoms with E-state index in [9.17, 15) is 0 Å². The molecule has 0 N–H and O–H groups in total. The van der Waals surface area contributed by atoms with Crippen LogP contribution in [0.2, 0.25) is 0 Å². The zero-order chi connectivity index (χ0) is 37.2. The summed E-state index contributed by atoms with van der Waals surface area (Å²) in [4.78, 5) is 10.7. The third-order valence-electron chi connectivity index (χ3n) is 11.1. The lowest BCUT2D eigenvalue weighted by Crippen LogP contribution is -2.23. The van der Waals surface area contributed by atoms with E-state index >= 15 is 0 Å². The molecule has 11 rings (SSSR count). The van der Waals surface area contributed by atoms with Gasteiger partial charge in [-0.2, -0.15) is 0 Å². The minimum Gasteiger partial charge on any atom is -0.309 e. The first kappa shape index (κ1) is 31.9. The van der Waals surface area contributed by atoms with Crippen molar-refractivity contribution in [2.45, 2.75) is 0 Å². The summed E-state index contributed by atoms with van der Waals surface area (Å²) in [6.45, 7) is 3.95. The molecule has 0 unspecified atom stereocenters. The van der Waals surface area contributed by atoms with E-state index in [0.717, 1.165) is 54.9 Å². The third kappa shape index (κ3) is 4.93. The topological polar surface area (TPSA) is 35.6 Å². The van der Waals surface area contributed by atoms with Crippen molar-refractivity contribution < 1.29 is 0 Å². The first-order valence-electron chi connectivity index (χ1n) is 19.0. The van der Waals surface area contributed by atoms with Gasteiger partial charge in [0.25, 0.3) is 0 Å². The van der Waals surface area contributed by atoms with Crippen LogP contribution in [0.1, 0.15) is 5.69 Å². The fraction of sp³-hybridized carbons (Fsp3) is 0. The summed E-state index contributed by atoms with van der Waals surface area (Å²) < 4.78 is 4.62. The molecule has 0 saturated heterocycles. The van der Waals surface area contributed by atoms with E-state index in [1.807, 2.05) is 18.2 Å². The van der Waals surface area contributed by atoms with Gasteiger partial charge in [0.05, 0.1) is 33.3 Å². The molecule has 3 heterocycles. The van der Waals surface area contributed by atoms with Crippen LogP contribution in [0, 0.1) is 0 Å². The van der Waals surface area contributed by atoms with E-state index in [-0.39, 0.29) is 0 Å². The lowest BCUT2D eigenvalue weighted by molar-refractivity contribution is 1.01. The highest BCUT2D eigenvalue weighted by atomic mass is 15.2. The van der Waals surface area contributed by atoms with Crippen molar-refractivity contribution in [3.8, 4) is 22.8 Å². The van der Waals surface area contributed by atoms with Crippen LogP contribution in [0.15, 0.2) is 189 Å². The lowest BCUT2D eigenvalue weighted by atomic mass is 9.94. The zero-order valence-corrected chi connectivity index (χ0v) is 30.5. The number of hydrogen-bond donors (Lipinski definition) is 0. The van der Waals surface area contributed by atoms with Crippen LogP contribution in [0.25, 0.3) is 100 Å². The van der Waals surface area contributed by atoms with Gasteiger partial charge in [0.15, 0.2) is 0 Å². The Hall–Kier alpha value is -7.56. The van der Waals surface area contributed by atoms with Crippen LogP contribution in [0.4, 0.5) is 0 Å². The highest BCUT2D eigenvalue weighted by Crippen LogP contribution is 2.43. The summed E-state index contributed by atoms with van der Waals surface area (Å²) in [5.74, 6) is 0.633. The van der Waals surface area contributed by atoms with Crippen molar-refractivity contribution in [2.24, 2.45) is 0 Å². The Morgan fingerprint density at radius 1 is 0.446 bits per heavy atom. The molecule has 11 aromatic rings. The second-order valence-corrected chi connectivity index (χ2v) is 14.2. The maximum atomic E-state index is 5.38. The summed E-state index contributed by atoms with van der Waals surface area (Å²) in [7, 11) is 0. The largest absolute Gasteiger partial charge is 0.309 e. The van der Waals surface area contributed by atoms with E-state index in [1.54, 1.807) is 0 Å². The molecule has 4 nitrogen and oxygen atoms in total. The van der Waals surface area contributed by atoms with E-state index in [1.165, 1.54) is 43.4 Å². The summed E-state index contributed by atoms with van der Waals surface area (Å²) >= 11 is 0. The molecule has 0 fully saturated rings. The molecule has 8 aromatic carbocycles. The molecule has 0 aliphatic rings. The molecule has 0 atom stereocenters. The normalized spacial score (nSPS) is 12.6. The second kappa shape index (κ2) is 12.8. The van der Waals surface area contributed by atoms with Crippen molar-refractivity contribution in [3.05, 3.63) is 205 Å². The van der Waals surface area contributed by atoms with E-state index in [4.69, 9.17) is 9.97 Å². The number of nitrogens with zero attached hydrogens (tertiary/aromatic N) is 4. The third-order valence-corrected chi connectivity index (χ3v) is 11.1. The zero-order valence-electron chi connectivity index (χ0n) is 30.5. The Kier molecular flexibility index (Phi) is 7.29. The molecule has 0 radical (unpaired) electrons. The summed E-state index contributed by atoms with van der Waals surface area (Å²) in [6, 6.07) is 62.7. The molecular formula is C52H34N4. The lowest BCUT2D eigenvalue weighted by Gasteiger charge is -2.13. The van der Waals surface area contributed by atoms with Crippen molar-refractivity contribution in [2.75, 3.05) is 0 Å². The first-order valence-corrected chi connectivity index (χ1v) is 19.0. The number of para-hydroxylation sites is 4. The number of fused-ring (bicyclic) bond motifs is 9. The SMILES string of the molecule is C=C/C=c1/cccc/c1=C\c1nc(-n2c3ccccc3c3c4ccccc4c(-c4ccc5c(c4)c4ccccc4n5-c4ccccc4)cc32)nc2ccccc12. The van der Waals surface area contributed by atoms with Gasteiger partial charge in [0.2, 0.25) is 5.95 Å². The van der Waals surface area contributed by atoms with Gasteiger partial charge < -0.3 is 4.57 Å². The highest BCUT2D eigenvalue weighted by Gasteiger charge is 2.21. The maximum absolute atomic E-state index is 5.38. The molecule has 0 spiro atoms. The van der Waals surface area contributed by atoms with Crippen LogP contribution in [-0.4, -0.2) is 19.1 Å². The van der Waals surface area contributed by atoms with Gasteiger partial charge in [-0.25, -0.2) is 9.97 Å². The highest BCUT2D eigenvalue weighted by molar-refractivity contribution is 6.24. The number of aromatic nitrogens is 4. The van der Waals surface area contributed by atoms with Crippen LogP contribution in [0.3, 0.4) is 0 Å². The van der Waals surface area contributed by atoms with Gasteiger partial charge in [-0.3, -0.25) is 4.57 Å². The van der Waals surface area contributed by atoms with Crippen molar-refractivity contribution in [3.63, 3.8) is 0 Å². The number of benzene rings is 8. The fourth-order valence-electron chi connectivity index (χ4n) is 8.65. The molecular weight excluding hydrogens is 681 g/mol. The summed E-state index contributed by atoms with van der Waals surface area (Å²) in [6.07, 6.45) is 6.03. The van der Waals surface area contributed by atoms with E-state index in [0.29, 0.717) is 5.95 Å². The van der Waals surface area contributed by atoms with Gasteiger partial charge in [0.1, 0.15) is 0 Å². The van der Waals surface area contributed by atoms with Crippen molar-refractivity contribution in [1.29, 1.82) is 0 Å². The Labute approximate surface area is 322 Å². The molecule has 3 aromatic heterocycles. The minimum atomic E-state index is 0.633. The smallest absolute Gasteiger partial charge is 0.235 e. The van der Waals surface area contributed by atoms with Gasteiger partial charge >= 0.3 is 0 Å².